The molecule has 0 aromatic carbocycles. The molecule has 1 aliphatic heterocycles. The standard InChI is InChI=1S/C12H19N3O/c1-2-10-8-15(7-4-11(10)16)9-12-13-5-3-6-14-12/h3,5-6,10-11,16H,2,4,7-9H2,1H3. The molecule has 1 fully saturated rings. The van der Waals surface area contributed by atoms with Crippen molar-refractivity contribution < 1.29 is 5.11 Å². The van der Waals surface area contributed by atoms with Crippen LogP contribution in [0.3, 0.4) is 0 Å². The Morgan fingerprint density at radius 3 is 2.88 bits per heavy atom. The molecule has 2 unspecified atom stereocenters. The summed E-state index contributed by atoms with van der Waals surface area (Å²) in [7, 11) is 0. The van der Waals surface area contributed by atoms with Crippen molar-refractivity contribution in [2.24, 2.45) is 5.92 Å². The minimum atomic E-state index is -0.127. The topological polar surface area (TPSA) is 49.2 Å². The Labute approximate surface area is 96.3 Å². The van der Waals surface area contributed by atoms with Crippen molar-refractivity contribution in [3.8, 4) is 0 Å². The van der Waals surface area contributed by atoms with Crippen molar-refractivity contribution in [3.05, 3.63) is 24.3 Å². The first kappa shape index (κ1) is 11.5. The molecule has 0 saturated carbocycles. The lowest BCUT2D eigenvalue weighted by molar-refractivity contribution is 0.0213. The Morgan fingerprint density at radius 1 is 1.44 bits per heavy atom. The Kier molecular flexibility index (Phi) is 3.85. The number of rotatable bonds is 3. The normalized spacial score (nSPS) is 26.9. The summed E-state index contributed by atoms with van der Waals surface area (Å²) in [5.41, 5.74) is 0. The molecule has 2 atom stereocenters. The highest BCUT2D eigenvalue weighted by atomic mass is 16.3. The predicted octanol–water partition coefficient (Wildman–Crippen LogP) is 1.07. The van der Waals surface area contributed by atoms with Crippen LogP contribution in [0.15, 0.2) is 18.5 Å². The van der Waals surface area contributed by atoms with Gasteiger partial charge in [-0.2, -0.15) is 0 Å². The van der Waals surface area contributed by atoms with Crippen LogP contribution in [0, 0.1) is 5.92 Å². The fourth-order valence-corrected chi connectivity index (χ4v) is 2.25. The van der Waals surface area contributed by atoms with Gasteiger partial charge in [-0.1, -0.05) is 6.92 Å². The smallest absolute Gasteiger partial charge is 0.142 e. The second-order valence-corrected chi connectivity index (χ2v) is 4.42. The molecule has 0 bridgehead atoms. The summed E-state index contributed by atoms with van der Waals surface area (Å²) in [5.74, 6) is 1.27. The molecule has 1 saturated heterocycles. The monoisotopic (exact) mass is 221 g/mol. The van der Waals surface area contributed by atoms with Gasteiger partial charge >= 0.3 is 0 Å². The molecule has 0 amide bonds. The van der Waals surface area contributed by atoms with E-state index in [4.69, 9.17) is 0 Å². The van der Waals surface area contributed by atoms with E-state index in [0.29, 0.717) is 5.92 Å². The third-order valence-corrected chi connectivity index (χ3v) is 3.29. The molecule has 1 aromatic heterocycles. The largest absolute Gasteiger partial charge is 0.393 e. The molecule has 88 valence electrons. The van der Waals surface area contributed by atoms with Crippen molar-refractivity contribution in [3.63, 3.8) is 0 Å². The maximum absolute atomic E-state index is 9.79. The molecular formula is C12H19N3O. The van der Waals surface area contributed by atoms with Crippen molar-refractivity contribution in [1.29, 1.82) is 0 Å². The van der Waals surface area contributed by atoms with E-state index in [2.05, 4.69) is 21.8 Å². The lowest BCUT2D eigenvalue weighted by atomic mass is 9.92. The zero-order valence-electron chi connectivity index (χ0n) is 9.71. The average molecular weight is 221 g/mol. The quantitative estimate of drug-likeness (QED) is 0.829. The molecule has 2 rings (SSSR count). The van der Waals surface area contributed by atoms with Crippen LogP contribution in [0.1, 0.15) is 25.6 Å². The molecule has 0 spiro atoms. The van der Waals surface area contributed by atoms with Crippen molar-refractivity contribution in [2.75, 3.05) is 13.1 Å². The third kappa shape index (κ3) is 2.77. The van der Waals surface area contributed by atoms with E-state index < -0.39 is 0 Å². The van der Waals surface area contributed by atoms with E-state index in [1.165, 1.54) is 0 Å². The highest BCUT2D eigenvalue weighted by Crippen LogP contribution is 2.20. The lowest BCUT2D eigenvalue weighted by Crippen LogP contribution is -2.42. The molecule has 0 radical (unpaired) electrons. The van der Waals surface area contributed by atoms with Crippen LogP contribution in [0.5, 0.6) is 0 Å². The molecule has 1 aliphatic rings. The molecule has 4 nitrogen and oxygen atoms in total. The van der Waals surface area contributed by atoms with Crippen LogP contribution in [-0.2, 0) is 6.54 Å². The van der Waals surface area contributed by atoms with Gasteiger partial charge in [0.25, 0.3) is 0 Å². The number of nitrogens with zero attached hydrogens (tertiary/aromatic N) is 3. The predicted molar refractivity (Wildman–Crippen MR) is 61.7 cm³/mol. The maximum Gasteiger partial charge on any atom is 0.142 e. The zero-order valence-corrected chi connectivity index (χ0v) is 9.71. The Balaban J connectivity index is 1.92. The number of hydrogen-bond acceptors (Lipinski definition) is 4. The minimum absolute atomic E-state index is 0.127. The number of aliphatic hydroxyl groups is 1. The summed E-state index contributed by atoms with van der Waals surface area (Å²) in [6.45, 7) is 4.83. The van der Waals surface area contributed by atoms with Crippen LogP contribution in [0.2, 0.25) is 0 Å². The fourth-order valence-electron chi connectivity index (χ4n) is 2.25. The van der Waals surface area contributed by atoms with Crippen LogP contribution in [0.25, 0.3) is 0 Å². The highest BCUT2D eigenvalue weighted by molar-refractivity contribution is 4.90. The van der Waals surface area contributed by atoms with Gasteiger partial charge in [0.2, 0.25) is 0 Å². The van der Waals surface area contributed by atoms with Gasteiger partial charge in [-0.05, 0) is 24.8 Å². The van der Waals surface area contributed by atoms with E-state index in [-0.39, 0.29) is 6.10 Å². The summed E-state index contributed by atoms with van der Waals surface area (Å²) in [4.78, 5) is 10.8. The number of aliphatic hydroxyl groups excluding tert-OH is 1. The molecule has 1 aromatic rings. The van der Waals surface area contributed by atoms with E-state index >= 15 is 0 Å². The average Bonchev–Trinajstić information content (AvgIpc) is 2.33. The fraction of sp³-hybridized carbons (Fsp3) is 0.667. The van der Waals surface area contributed by atoms with Crippen LogP contribution in [0.4, 0.5) is 0 Å². The molecular weight excluding hydrogens is 202 g/mol. The molecule has 2 heterocycles. The summed E-state index contributed by atoms with van der Waals surface area (Å²) in [5, 5.41) is 9.79. The molecule has 0 aliphatic carbocycles. The first-order valence-electron chi connectivity index (χ1n) is 5.96. The summed E-state index contributed by atoms with van der Waals surface area (Å²) in [6.07, 6.45) is 5.33. The highest BCUT2D eigenvalue weighted by Gasteiger charge is 2.26. The van der Waals surface area contributed by atoms with E-state index in [9.17, 15) is 5.11 Å². The minimum Gasteiger partial charge on any atom is -0.393 e. The van der Waals surface area contributed by atoms with Crippen LogP contribution >= 0.6 is 0 Å². The van der Waals surface area contributed by atoms with Gasteiger partial charge in [0.05, 0.1) is 12.6 Å². The van der Waals surface area contributed by atoms with Crippen LogP contribution < -0.4 is 0 Å². The third-order valence-electron chi connectivity index (χ3n) is 3.29. The Hall–Kier alpha value is -1.00. The van der Waals surface area contributed by atoms with E-state index in [1.807, 2.05) is 6.07 Å². The Morgan fingerprint density at radius 2 is 2.19 bits per heavy atom. The first-order valence-corrected chi connectivity index (χ1v) is 5.96. The number of piperidine rings is 1. The number of aromatic nitrogens is 2. The van der Waals surface area contributed by atoms with Gasteiger partial charge in [-0.25, -0.2) is 9.97 Å². The first-order chi connectivity index (χ1) is 7.79. The van der Waals surface area contributed by atoms with Crippen molar-refractivity contribution in [2.45, 2.75) is 32.4 Å². The molecule has 16 heavy (non-hydrogen) atoms. The molecule has 1 N–H and O–H groups in total. The van der Waals surface area contributed by atoms with Gasteiger partial charge in [0, 0.05) is 25.5 Å². The van der Waals surface area contributed by atoms with Gasteiger partial charge in [-0.15, -0.1) is 0 Å². The Bertz CT molecular complexity index is 317. The summed E-state index contributed by atoms with van der Waals surface area (Å²) >= 11 is 0. The van der Waals surface area contributed by atoms with Crippen LogP contribution in [-0.4, -0.2) is 39.2 Å². The summed E-state index contributed by atoms with van der Waals surface area (Å²) in [6, 6.07) is 1.83. The second kappa shape index (κ2) is 5.37. The van der Waals surface area contributed by atoms with Crippen molar-refractivity contribution in [1.82, 2.24) is 14.9 Å². The maximum atomic E-state index is 9.79. The van der Waals surface area contributed by atoms with Gasteiger partial charge < -0.3 is 5.11 Å². The van der Waals surface area contributed by atoms with Gasteiger partial charge in [0.15, 0.2) is 0 Å². The van der Waals surface area contributed by atoms with E-state index in [1.54, 1.807) is 12.4 Å². The second-order valence-electron chi connectivity index (χ2n) is 4.42. The summed E-state index contributed by atoms with van der Waals surface area (Å²) < 4.78 is 0. The number of hydrogen-bond donors (Lipinski definition) is 1. The zero-order chi connectivity index (χ0) is 11.4. The lowest BCUT2D eigenvalue weighted by Gasteiger charge is -2.35. The van der Waals surface area contributed by atoms with Gasteiger partial charge in [-0.3, -0.25) is 4.90 Å². The van der Waals surface area contributed by atoms with Crippen molar-refractivity contribution >= 4 is 0 Å². The number of likely N-dealkylation sites (tertiary alicyclic amines) is 1. The van der Waals surface area contributed by atoms with Gasteiger partial charge in [0.1, 0.15) is 5.82 Å². The molecule has 4 heteroatoms. The van der Waals surface area contributed by atoms with E-state index in [0.717, 1.165) is 38.3 Å². The SMILES string of the molecule is CCC1CN(Cc2ncccn2)CCC1O.